The minimum Gasteiger partial charge on any atom is -0.308 e. The van der Waals surface area contributed by atoms with Crippen LogP contribution in [0.5, 0.6) is 0 Å². The van der Waals surface area contributed by atoms with E-state index in [9.17, 15) is 21.6 Å². The Bertz CT molecular complexity index is 1970. The Morgan fingerprint density at radius 1 is 0.783 bits per heavy atom. The van der Waals surface area contributed by atoms with Gasteiger partial charge in [-0.2, -0.15) is 8.61 Å². The first-order valence-electron chi connectivity index (χ1n) is 15.9. The zero-order valence-electron chi connectivity index (χ0n) is 26.5. The molecule has 0 atom stereocenters. The summed E-state index contributed by atoms with van der Waals surface area (Å²) in [5.41, 5.74) is 2.45. The van der Waals surface area contributed by atoms with Crippen LogP contribution in [0.2, 0.25) is 0 Å². The van der Waals surface area contributed by atoms with E-state index in [0.29, 0.717) is 43.9 Å². The van der Waals surface area contributed by atoms with Gasteiger partial charge in [0.15, 0.2) is 11.2 Å². The molecule has 4 aromatic rings. The average Bonchev–Trinajstić information content (AvgIpc) is 3.24. The van der Waals surface area contributed by atoms with Crippen LogP contribution in [0.4, 0.5) is 0 Å². The van der Waals surface area contributed by atoms with Crippen LogP contribution >= 0.6 is 0 Å². The van der Waals surface area contributed by atoms with Crippen molar-refractivity contribution in [1.82, 2.24) is 33.6 Å². The van der Waals surface area contributed by atoms with E-state index in [0.717, 1.165) is 31.2 Å². The molecular formula is C32H41N7O5S2. The summed E-state index contributed by atoms with van der Waals surface area (Å²) in [5.74, 6) is 0.336. The van der Waals surface area contributed by atoms with Gasteiger partial charge < -0.3 is 4.98 Å². The van der Waals surface area contributed by atoms with Gasteiger partial charge in [-0.15, -0.1) is 5.10 Å². The van der Waals surface area contributed by atoms with Crippen molar-refractivity contribution in [2.24, 2.45) is 0 Å². The van der Waals surface area contributed by atoms with Gasteiger partial charge in [-0.1, -0.05) is 63.1 Å². The smallest absolute Gasteiger partial charge is 0.281 e. The topological polar surface area (TPSA) is 151 Å². The largest absolute Gasteiger partial charge is 0.308 e. The normalized spacial score (nSPS) is 18.2. The molecule has 2 fully saturated rings. The minimum atomic E-state index is -3.84. The molecule has 2 aromatic carbocycles. The van der Waals surface area contributed by atoms with Crippen molar-refractivity contribution >= 4 is 31.2 Å². The lowest BCUT2D eigenvalue weighted by Gasteiger charge is -2.30. The van der Waals surface area contributed by atoms with Crippen LogP contribution in [0.25, 0.3) is 11.2 Å². The van der Waals surface area contributed by atoms with Gasteiger partial charge in [0.2, 0.25) is 20.0 Å². The van der Waals surface area contributed by atoms with Crippen LogP contribution in [-0.4, -0.2) is 76.6 Å². The van der Waals surface area contributed by atoms with Crippen molar-refractivity contribution in [2.75, 3.05) is 26.2 Å². The molecule has 0 bridgehead atoms. The SMILES string of the molecule is CC(C)(C)c1ccc(Cn2nnc3c(=O)[nH]c(C4CCN(S(=O)(=O)c5ccc(S(=O)(=O)N6CCCCCC6)cc5)CC4)nc32)cc1. The number of benzene rings is 2. The third-order valence-corrected chi connectivity index (χ3v) is 12.9. The number of nitrogens with one attached hydrogen (secondary N) is 1. The van der Waals surface area contributed by atoms with Gasteiger partial charge >= 0.3 is 0 Å². The fourth-order valence-corrected chi connectivity index (χ4v) is 9.19. The highest BCUT2D eigenvalue weighted by Gasteiger charge is 2.32. The van der Waals surface area contributed by atoms with Gasteiger partial charge in [-0.3, -0.25) is 4.79 Å². The maximum atomic E-state index is 13.5. The highest BCUT2D eigenvalue weighted by molar-refractivity contribution is 7.89. The molecule has 2 aliphatic heterocycles. The van der Waals surface area contributed by atoms with Crippen molar-refractivity contribution in [3.63, 3.8) is 0 Å². The Hall–Kier alpha value is -3.46. The lowest BCUT2D eigenvalue weighted by atomic mass is 9.87. The summed E-state index contributed by atoms with van der Waals surface area (Å²) in [5, 5.41) is 8.26. The first-order chi connectivity index (χ1) is 21.8. The average molecular weight is 668 g/mol. The first-order valence-corrected chi connectivity index (χ1v) is 18.8. The van der Waals surface area contributed by atoms with E-state index in [1.54, 1.807) is 4.68 Å². The first kappa shape index (κ1) is 32.5. The molecule has 246 valence electrons. The number of fused-ring (bicyclic) bond motifs is 1. The lowest BCUT2D eigenvalue weighted by molar-refractivity contribution is 0.313. The van der Waals surface area contributed by atoms with Gasteiger partial charge in [0, 0.05) is 32.1 Å². The summed E-state index contributed by atoms with van der Waals surface area (Å²) in [4.78, 5) is 20.7. The number of nitrogens with zero attached hydrogens (tertiary/aromatic N) is 6. The van der Waals surface area contributed by atoms with Crippen LogP contribution < -0.4 is 5.56 Å². The van der Waals surface area contributed by atoms with Gasteiger partial charge in [0.25, 0.3) is 5.56 Å². The van der Waals surface area contributed by atoms with Gasteiger partial charge in [0.05, 0.1) is 16.3 Å². The third-order valence-electron chi connectivity index (χ3n) is 9.05. The second kappa shape index (κ2) is 12.6. The summed E-state index contributed by atoms with van der Waals surface area (Å²) in [6, 6.07) is 13.8. The summed E-state index contributed by atoms with van der Waals surface area (Å²) in [6.45, 7) is 8.32. The van der Waals surface area contributed by atoms with E-state index in [2.05, 4.69) is 48.2 Å². The number of rotatable bonds is 7. The van der Waals surface area contributed by atoms with E-state index in [4.69, 9.17) is 4.98 Å². The molecule has 14 heteroatoms. The molecule has 0 saturated carbocycles. The molecule has 2 aromatic heterocycles. The predicted molar refractivity (Wildman–Crippen MR) is 175 cm³/mol. The van der Waals surface area contributed by atoms with Crippen molar-refractivity contribution in [2.45, 2.75) is 87.0 Å². The molecule has 2 aliphatic rings. The van der Waals surface area contributed by atoms with E-state index in [1.165, 1.54) is 38.4 Å². The molecule has 0 unspecified atom stereocenters. The highest BCUT2D eigenvalue weighted by Crippen LogP contribution is 2.30. The standard InChI is InChI=1S/C32H41N7O5S2/c1-32(2,3)25-10-8-23(9-11-25)22-39-30-28(35-36-39)31(40)34-29(33-30)24-16-20-38(21-17-24)46(43,44)27-14-12-26(13-15-27)45(41,42)37-18-6-4-5-7-19-37/h8-15,24H,4-7,16-22H2,1-3H3,(H,33,34,40). The van der Waals surface area contributed by atoms with Gasteiger partial charge in [-0.05, 0) is 66.5 Å². The van der Waals surface area contributed by atoms with E-state index >= 15 is 0 Å². The minimum absolute atomic E-state index is 0.0388. The number of sulfonamides is 2. The number of hydrogen-bond acceptors (Lipinski definition) is 8. The Labute approximate surface area is 269 Å². The van der Waals surface area contributed by atoms with Crippen LogP contribution in [-0.2, 0) is 32.0 Å². The van der Waals surface area contributed by atoms with Crippen LogP contribution in [0, 0.1) is 0 Å². The quantitative estimate of drug-likeness (QED) is 0.311. The lowest BCUT2D eigenvalue weighted by Crippen LogP contribution is -2.38. The third kappa shape index (κ3) is 6.53. The van der Waals surface area contributed by atoms with Crippen LogP contribution in [0.3, 0.4) is 0 Å². The van der Waals surface area contributed by atoms with Crippen molar-refractivity contribution in [3.05, 3.63) is 75.8 Å². The molecule has 2 saturated heterocycles. The molecule has 4 heterocycles. The molecule has 0 amide bonds. The molecule has 1 N–H and O–H groups in total. The summed E-state index contributed by atoms with van der Waals surface area (Å²) in [6.07, 6.45) is 4.60. The molecule has 0 spiro atoms. The predicted octanol–water partition coefficient (Wildman–Crippen LogP) is 3.99. The summed E-state index contributed by atoms with van der Waals surface area (Å²) in [7, 11) is -7.52. The second-order valence-corrected chi connectivity index (χ2v) is 17.2. The molecule has 0 radical (unpaired) electrons. The fraction of sp³-hybridized carbons (Fsp3) is 0.500. The van der Waals surface area contributed by atoms with E-state index in [1.807, 2.05) is 12.1 Å². The van der Waals surface area contributed by atoms with Crippen LogP contribution in [0.15, 0.2) is 63.1 Å². The van der Waals surface area contributed by atoms with Crippen molar-refractivity contribution < 1.29 is 16.8 Å². The Morgan fingerprint density at radius 3 is 1.87 bits per heavy atom. The molecule has 0 aliphatic carbocycles. The van der Waals surface area contributed by atoms with Crippen molar-refractivity contribution in [3.8, 4) is 0 Å². The maximum Gasteiger partial charge on any atom is 0.281 e. The Morgan fingerprint density at radius 2 is 1.33 bits per heavy atom. The number of H-pyrrole nitrogens is 1. The number of aromatic amines is 1. The maximum absolute atomic E-state index is 13.5. The fourth-order valence-electron chi connectivity index (χ4n) is 6.20. The van der Waals surface area contributed by atoms with Crippen LogP contribution in [0.1, 0.15) is 82.2 Å². The number of hydrogen-bond donors (Lipinski definition) is 1. The summed E-state index contributed by atoms with van der Waals surface area (Å²) < 4.78 is 57.8. The molecule has 6 rings (SSSR count). The number of aromatic nitrogens is 5. The molecular weight excluding hydrogens is 627 g/mol. The Balaban J connectivity index is 1.14. The zero-order chi connectivity index (χ0) is 32.7. The van der Waals surface area contributed by atoms with Gasteiger partial charge in [-0.25, -0.2) is 26.5 Å². The highest BCUT2D eigenvalue weighted by atomic mass is 32.2. The second-order valence-electron chi connectivity index (χ2n) is 13.3. The summed E-state index contributed by atoms with van der Waals surface area (Å²) >= 11 is 0. The van der Waals surface area contributed by atoms with E-state index in [-0.39, 0.29) is 45.3 Å². The molecule has 12 nitrogen and oxygen atoms in total. The van der Waals surface area contributed by atoms with Gasteiger partial charge in [0.1, 0.15) is 5.82 Å². The van der Waals surface area contributed by atoms with E-state index < -0.39 is 20.0 Å². The zero-order valence-corrected chi connectivity index (χ0v) is 28.1. The Kier molecular flexibility index (Phi) is 8.91. The monoisotopic (exact) mass is 667 g/mol. The number of piperidine rings is 1. The molecule has 46 heavy (non-hydrogen) atoms. The van der Waals surface area contributed by atoms with Crippen molar-refractivity contribution in [1.29, 1.82) is 0 Å².